The number of benzene rings is 11. The molecule has 0 amide bonds. The lowest BCUT2D eigenvalue weighted by atomic mass is 10.0. The quantitative estimate of drug-likeness (QED) is 0.0427. The zero-order chi connectivity index (χ0) is 88.5. The van der Waals surface area contributed by atoms with E-state index in [9.17, 15) is 61.3 Å². The van der Waals surface area contributed by atoms with E-state index in [1.54, 1.807) is 246 Å². The first-order valence-corrected chi connectivity index (χ1v) is 43.2. The SMILES string of the molecule is Oc1ccc(Cc2nc3c(-c4cc5ccccc5s4)nc(-c4ccc(O)cc4)cn3c2O)cc1.Oc1ccc(Cc2nc3c(-c4ccc5ccccc5c4)nc(-c4ccc(O)cc4)cn3c2O)cc1.Oc1ccc(Cc2nc3c(-c4cccs4)nc(-c4ccc(O)cc4)cn3c2O)cc1.Oc1ccc(Cc2nc3c(-c4ccsc4)nc(-c4ccc(O)cc4)cn3c2O)cc1. The molecule has 11 aromatic carbocycles. The Hall–Kier alpha value is -16.9. The van der Waals surface area contributed by atoms with Crippen LogP contribution < -0.4 is 0 Å². The van der Waals surface area contributed by atoms with Gasteiger partial charge in [-0.25, -0.2) is 39.9 Å². The van der Waals surface area contributed by atoms with Crippen molar-refractivity contribution in [1.29, 1.82) is 0 Å². The van der Waals surface area contributed by atoms with Crippen LogP contribution in [-0.4, -0.2) is 119 Å². The zero-order valence-electron chi connectivity index (χ0n) is 68.0. The maximum atomic E-state index is 11.1. The van der Waals surface area contributed by atoms with Gasteiger partial charge in [-0.15, -0.1) is 22.7 Å². The van der Waals surface area contributed by atoms with Crippen molar-refractivity contribution in [2.75, 3.05) is 0 Å². The Bertz CT molecular complexity index is 7600. The van der Waals surface area contributed by atoms with Crippen LogP contribution in [0.5, 0.6) is 69.5 Å². The Morgan fingerprint density at radius 1 is 0.240 bits per heavy atom. The van der Waals surface area contributed by atoms with E-state index in [2.05, 4.69) is 52.4 Å². The summed E-state index contributed by atoms with van der Waals surface area (Å²) in [6.45, 7) is 0. The van der Waals surface area contributed by atoms with Gasteiger partial charge in [-0.2, -0.15) is 11.3 Å². The second-order valence-corrected chi connectivity index (χ2v) is 33.3. The zero-order valence-corrected chi connectivity index (χ0v) is 70.4. The molecule has 0 aliphatic carbocycles. The second-order valence-electron chi connectivity index (χ2n) is 30.5. The van der Waals surface area contributed by atoms with E-state index in [0.29, 0.717) is 117 Å². The van der Waals surface area contributed by atoms with Crippen LogP contribution in [0.3, 0.4) is 0 Å². The largest absolute Gasteiger partial charge is 0.508 e. The Morgan fingerprint density at radius 3 is 0.891 bits per heavy atom. The van der Waals surface area contributed by atoms with Gasteiger partial charge in [-0.1, -0.05) is 109 Å². The number of phenols is 8. The number of phenolic OH excluding ortho intramolecular Hbond substituents is 8. The van der Waals surface area contributed by atoms with Crippen molar-refractivity contribution in [3.05, 3.63) is 371 Å². The lowest BCUT2D eigenvalue weighted by Gasteiger charge is -2.09. The highest BCUT2D eigenvalue weighted by atomic mass is 32.1. The second kappa shape index (κ2) is 35.0. The molecule has 0 radical (unpaired) electrons. The highest BCUT2D eigenvalue weighted by Crippen LogP contribution is 2.42. The minimum Gasteiger partial charge on any atom is -0.508 e. The van der Waals surface area contributed by atoms with Crippen LogP contribution in [0.2, 0.25) is 0 Å². The highest BCUT2D eigenvalue weighted by molar-refractivity contribution is 7.22. The molecule has 0 saturated heterocycles. The molecule has 22 aromatic rings. The molecule has 0 saturated carbocycles. The average Bonchev–Trinajstić information content (AvgIpc) is 1.63. The number of thiophene rings is 3. The summed E-state index contributed by atoms with van der Waals surface area (Å²) < 4.78 is 7.78. The van der Waals surface area contributed by atoms with Crippen LogP contribution in [0, 0.1) is 0 Å². The van der Waals surface area contributed by atoms with Crippen molar-refractivity contribution in [1.82, 2.24) is 57.5 Å². The van der Waals surface area contributed by atoms with Crippen LogP contribution in [-0.2, 0) is 25.7 Å². The third-order valence-electron chi connectivity index (χ3n) is 21.7. The summed E-state index contributed by atoms with van der Waals surface area (Å²) in [6, 6.07) is 85.0. The molecular formula is C102H74N12O12S3. The van der Waals surface area contributed by atoms with Gasteiger partial charge in [0.1, 0.15) is 91.5 Å². The number of hydrogen-bond acceptors (Lipinski definition) is 23. The third-order valence-corrected chi connectivity index (χ3v) is 24.4. The predicted molar refractivity (Wildman–Crippen MR) is 501 cm³/mol. The molecule has 24 nitrogen and oxygen atoms in total. The first-order chi connectivity index (χ1) is 62.8. The molecule has 11 aromatic heterocycles. The number of nitrogens with zero attached hydrogens (tertiary/aromatic N) is 12. The van der Waals surface area contributed by atoms with Crippen LogP contribution in [0.25, 0.3) is 132 Å². The van der Waals surface area contributed by atoms with Crippen LogP contribution >= 0.6 is 34.0 Å². The maximum absolute atomic E-state index is 11.1. The van der Waals surface area contributed by atoms with E-state index in [-0.39, 0.29) is 69.5 Å². The Balaban J connectivity index is 0.000000112. The van der Waals surface area contributed by atoms with Crippen molar-refractivity contribution in [3.8, 4) is 158 Å². The molecule has 0 aliphatic rings. The average molecular weight is 1760 g/mol. The van der Waals surface area contributed by atoms with Gasteiger partial charge >= 0.3 is 0 Å². The molecule has 27 heteroatoms. The summed E-state index contributed by atoms with van der Waals surface area (Å²) >= 11 is 4.74. The molecule has 0 aliphatic heterocycles. The minimum absolute atomic E-state index is 0.0394. The number of fused-ring (bicyclic) bond motifs is 6. The highest BCUT2D eigenvalue weighted by Gasteiger charge is 2.26. The Kier molecular flexibility index (Phi) is 22.2. The molecule has 11 heterocycles. The van der Waals surface area contributed by atoms with E-state index >= 15 is 0 Å². The van der Waals surface area contributed by atoms with Crippen LogP contribution in [0.1, 0.15) is 45.0 Å². The monoisotopic (exact) mass is 1750 g/mol. The summed E-state index contributed by atoms with van der Waals surface area (Å²) in [4.78, 5) is 40.4. The van der Waals surface area contributed by atoms with E-state index in [4.69, 9.17) is 29.9 Å². The van der Waals surface area contributed by atoms with Crippen molar-refractivity contribution in [3.63, 3.8) is 0 Å². The third kappa shape index (κ3) is 17.4. The summed E-state index contributed by atoms with van der Waals surface area (Å²) in [5.41, 5.74) is 18.4. The molecule has 632 valence electrons. The molecule has 22 rings (SSSR count). The van der Waals surface area contributed by atoms with Crippen molar-refractivity contribution >= 4 is 77.5 Å². The molecule has 0 atom stereocenters. The van der Waals surface area contributed by atoms with Gasteiger partial charge in [0.25, 0.3) is 0 Å². The van der Waals surface area contributed by atoms with Gasteiger partial charge < -0.3 is 61.3 Å². The van der Waals surface area contributed by atoms with Gasteiger partial charge in [-0.3, -0.25) is 17.6 Å². The Labute approximate surface area is 746 Å². The minimum atomic E-state index is 0.0394. The molecule has 129 heavy (non-hydrogen) atoms. The smallest absolute Gasteiger partial charge is 0.219 e. The van der Waals surface area contributed by atoms with Crippen molar-refractivity contribution < 1.29 is 61.3 Å². The summed E-state index contributed by atoms with van der Waals surface area (Å²) in [7, 11) is 0. The van der Waals surface area contributed by atoms with E-state index in [1.165, 1.54) is 0 Å². The molecular weight excluding hydrogens is 1680 g/mol. The molecule has 0 spiro atoms. The topological polar surface area (TPSA) is 364 Å². The summed E-state index contributed by atoms with van der Waals surface area (Å²) in [5, 5.41) is 130. The first kappa shape index (κ1) is 81.8. The molecule has 0 unspecified atom stereocenters. The number of rotatable bonds is 16. The van der Waals surface area contributed by atoms with Gasteiger partial charge in [0.15, 0.2) is 22.6 Å². The standard InChI is InChI=1S/C29H21N3O3.C27H19N3O3S.2C23H17N3O3S/c33-23-11-5-18(6-12-23)15-25-29(35)32-17-26(20-9-13-24(34)14-10-20)30-27(28(32)31-25)22-8-7-19-3-1-2-4-21(19)16-22;31-19-9-5-16(6-10-19)13-21-27(33)30-15-22(17-7-11-20(32)12-8-17)28-25(26(30)29-21)24-14-18-3-1-2-4-23(18)34-24;27-17-5-1-14(2-6-17)11-19-23(29)26-12-20(15-3-7-18(28)8-4-15)24-21(22(26)25-19)16-9-10-30-13-16;27-16-7-3-14(4-8-16)12-18-23(29)26-13-19(15-5-9-17(28)10-6-15)24-21(22(26)25-18)20-2-1-11-30-20/h1-14,16-17,33-35H,15H2;1-12,14-15,31-33H,13H2;1-10,12-13,27-29H,11H2;1-11,13,27-29H,12H2. The van der Waals surface area contributed by atoms with Gasteiger partial charge in [0.2, 0.25) is 23.5 Å². The summed E-state index contributed by atoms with van der Waals surface area (Å²) in [6.07, 6.45) is 8.68. The first-order valence-electron chi connectivity index (χ1n) is 40.5. The van der Waals surface area contributed by atoms with Crippen molar-refractivity contribution in [2.45, 2.75) is 25.7 Å². The number of hydrogen-bond donors (Lipinski definition) is 12. The lowest BCUT2D eigenvalue weighted by molar-refractivity contribution is 0.442. The fourth-order valence-corrected chi connectivity index (χ4v) is 17.5. The normalized spacial score (nSPS) is 11.3. The van der Waals surface area contributed by atoms with Gasteiger partial charge in [0.05, 0.1) is 32.5 Å². The van der Waals surface area contributed by atoms with Gasteiger partial charge in [-0.05, 0) is 225 Å². The molecule has 0 fully saturated rings. The summed E-state index contributed by atoms with van der Waals surface area (Å²) in [5.74, 6) is 1.68. The number of aromatic hydroxyl groups is 12. The van der Waals surface area contributed by atoms with Crippen LogP contribution in [0.15, 0.2) is 326 Å². The molecule has 0 bridgehead atoms. The van der Waals surface area contributed by atoms with E-state index in [0.717, 1.165) is 86.2 Å². The number of aromatic nitrogens is 12. The van der Waals surface area contributed by atoms with Crippen molar-refractivity contribution in [2.24, 2.45) is 0 Å². The maximum Gasteiger partial charge on any atom is 0.219 e. The fraction of sp³-hybridized carbons (Fsp3) is 0.0392. The van der Waals surface area contributed by atoms with Gasteiger partial charge in [0, 0.05) is 93.9 Å². The van der Waals surface area contributed by atoms with E-state index in [1.807, 2.05) is 88.9 Å². The lowest BCUT2D eigenvalue weighted by Crippen LogP contribution is -1.96. The predicted octanol–water partition coefficient (Wildman–Crippen LogP) is 21.6. The van der Waals surface area contributed by atoms with E-state index < -0.39 is 0 Å². The Morgan fingerprint density at radius 2 is 0.550 bits per heavy atom. The number of imidazole rings is 4. The fourth-order valence-electron chi connectivity index (χ4n) is 15.1. The molecule has 12 N–H and O–H groups in total. The van der Waals surface area contributed by atoms with Crippen LogP contribution in [0.4, 0.5) is 0 Å².